The number of rotatable bonds is 4. The van der Waals surface area contributed by atoms with E-state index in [2.05, 4.69) is 24.8 Å². The maximum atomic E-state index is 13.0. The van der Waals surface area contributed by atoms with Gasteiger partial charge in [0.25, 0.3) is 5.91 Å². The van der Waals surface area contributed by atoms with Crippen LogP contribution in [-0.2, 0) is 14.3 Å². The van der Waals surface area contributed by atoms with Crippen LogP contribution in [0, 0.1) is 0 Å². The van der Waals surface area contributed by atoms with Crippen molar-refractivity contribution in [2.75, 3.05) is 33.4 Å². The molecule has 3 atom stereocenters. The Morgan fingerprint density at radius 2 is 2.00 bits per heavy atom. The molecule has 1 amide bonds. The largest absolute Gasteiger partial charge is 0.490 e. The second kappa shape index (κ2) is 7.68. The van der Waals surface area contributed by atoms with Gasteiger partial charge in [-0.3, -0.25) is 4.79 Å². The summed E-state index contributed by atoms with van der Waals surface area (Å²) in [5.74, 6) is 0.530. The van der Waals surface area contributed by atoms with Crippen molar-refractivity contribution in [1.29, 1.82) is 0 Å². The van der Waals surface area contributed by atoms with Crippen LogP contribution >= 0.6 is 0 Å². The van der Waals surface area contributed by atoms with E-state index in [4.69, 9.17) is 14.2 Å². The van der Waals surface area contributed by atoms with Crippen molar-refractivity contribution in [2.45, 2.75) is 56.9 Å². The minimum atomic E-state index is -0.385. The Labute approximate surface area is 184 Å². The summed E-state index contributed by atoms with van der Waals surface area (Å²) < 4.78 is 18.0. The van der Waals surface area contributed by atoms with Gasteiger partial charge in [-0.2, -0.15) is 0 Å². The molecule has 5 saturated heterocycles. The molecule has 0 radical (unpaired) electrons. The lowest BCUT2D eigenvalue weighted by Gasteiger charge is -2.68. The van der Waals surface area contributed by atoms with E-state index in [0.29, 0.717) is 13.2 Å². The third-order valence-corrected chi connectivity index (χ3v) is 7.33. The number of hydrogen-bond acceptors (Lipinski definition) is 5. The monoisotopic (exact) mass is 424 g/mol. The van der Waals surface area contributed by atoms with Gasteiger partial charge in [0.1, 0.15) is 18.1 Å². The lowest BCUT2D eigenvalue weighted by atomic mass is 9.70. The minimum Gasteiger partial charge on any atom is -0.490 e. The number of carbonyl (C=O) groups excluding carboxylic acids is 1. The number of benzene rings is 1. The fourth-order valence-electron chi connectivity index (χ4n) is 5.38. The molecule has 2 bridgehead atoms. The van der Waals surface area contributed by atoms with Crippen molar-refractivity contribution >= 4 is 12.0 Å². The van der Waals surface area contributed by atoms with Crippen molar-refractivity contribution < 1.29 is 19.0 Å². The zero-order valence-corrected chi connectivity index (χ0v) is 18.7. The summed E-state index contributed by atoms with van der Waals surface area (Å²) in [7, 11) is 1.93. The van der Waals surface area contributed by atoms with Gasteiger partial charge in [-0.1, -0.05) is 17.7 Å². The standard InChI is InChI=1S/C25H32N2O4/c1-18(2)9-14-29-20-7-5-19(6-8-20)15-21-23(28)26(3)22-16-27(21)24(22)11-12-25(31-17-24)10-4-13-30-25/h5-9,15,22H,4,10-14,16-17H2,1-3H3/b21-15+. The van der Waals surface area contributed by atoms with Crippen LogP contribution in [0.3, 0.4) is 0 Å². The van der Waals surface area contributed by atoms with Gasteiger partial charge in [0, 0.05) is 26.4 Å². The third-order valence-electron chi connectivity index (χ3n) is 7.33. The van der Waals surface area contributed by atoms with Gasteiger partial charge in [0.05, 0.1) is 24.8 Å². The second-order valence-corrected chi connectivity index (χ2v) is 9.49. The zero-order chi connectivity index (χ0) is 21.6. The molecule has 5 heterocycles. The highest BCUT2D eigenvalue weighted by atomic mass is 16.7. The number of carbonyl (C=O) groups is 1. The van der Waals surface area contributed by atoms with Crippen molar-refractivity contribution in [3.63, 3.8) is 0 Å². The SMILES string of the molecule is CC(C)=CCOc1ccc(/C=C2\C(=O)N(C)C3CN2C32CCC3(CCCO3)OC2)cc1. The fourth-order valence-corrected chi connectivity index (χ4v) is 5.38. The molecule has 1 aromatic rings. The van der Waals surface area contributed by atoms with E-state index in [1.54, 1.807) is 0 Å². The van der Waals surface area contributed by atoms with Gasteiger partial charge in [-0.25, -0.2) is 0 Å². The van der Waals surface area contributed by atoms with E-state index in [-0.39, 0.29) is 23.3 Å². The maximum Gasteiger partial charge on any atom is 0.270 e. The van der Waals surface area contributed by atoms with Crippen molar-refractivity contribution in [3.8, 4) is 5.75 Å². The van der Waals surface area contributed by atoms with Crippen LogP contribution in [0.5, 0.6) is 5.75 Å². The summed E-state index contributed by atoms with van der Waals surface area (Å²) >= 11 is 0. The van der Waals surface area contributed by atoms with E-state index in [1.165, 1.54) is 5.57 Å². The first-order chi connectivity index (χ1) is 14.9. The van der Waals surface area contributed by atoms with Crippen LogP contribution in [0.25, 0.3) is 6.08 Å². The zero-order valence-electron chi connectivity index (χ0n) is 18.7. The fraction of sp³-hybridized carbons (Fsp3) is 0.560. The molecule has 5 aliphatic heterocycles. The second-order valence-electron chi connectivity index (χ2n) is 9.49. The predicted octanol–water partition coefficient (Wildman–Crippen LogP) is 3.58. The number of amides is 1. The van der Waals surface area contributed by atoms with Crippen LogP contribution in [-0.4, -0.2) is 66.5 Å². The van der Waals surface area contributed by atoms with Gasteiger partial charge in [-0.15, -0.1) is 0 Å². The van der Waals surface area contributed by atoms with Gasteiger partial charge in [-0.05, 0) is 56.5 Å². The molecule has 1 aromatic carbocycles. The summed E-state index contributed by atoms with van der Waals surface area (Å²) in [6, 6.07) is 8.15. The Morgan fingerprint density at radius 3 is 2.65 bits per heavy atom. The molecule has 3 unspecified atom stereocenters. The van der Waals surface area contributed by atoms with Gasteiger partial charge >= 0.3 is 0 Å². The summed E-state index contributed by atoms with van der Waals surface area (Å²) in [5, 5.41) is 0. The van der Waals surface area contributed by atoms with Gasteiger partial charge in [0.2, 0.25) is 0 Å². The summed E-state index contributed by atoms with van der Waals surface area (Å²) in [6.45, 7) is 6.95. The number of nitrogens with zero attached hydrogens (tertiary/aromatic N) is 2. The molecule has 5 fully saturated rings. The molecular formula is C25H32N2O4. The highest BCUT2D eigenvalue weighted by Crippen LogP contribution is 2.51. The number of fused-ring (bicyclic) bond motifs is 2. The molecule has 0 aliphatic carbocycles. The minimum absolute atomic E-state index is 0.0863. The molecule has 2 spiro atoms. The number of ether oxygens (including phenoxy) is 3. The van der Waals surface area contributed by atoms with Crippen LogP contribution < -0.4 is 4.74 Å². The van der Waals surface area contributed by atoms with E-state index >= 15 is 0 Å². The van der Waals surface area contributed by atoms with E-state index in [0.717, 1.165) is 55.8 Å². The molecule has 0 saturated carbocycles. The smallest absolute Gasteiger partial charge is 0.270 e. The van der Waals surface area contributed by atoms with Gasteiger partial charge in [0.15, 0.2) is 5.79 Å². The first-order valence-electron chi connectivity index (χ1n) is 11.3. The Hall–Kier alpha value is -2.31. The average Bonchev–Trinajstić information content (AvgIpc) is 3.20. The Balaban J connectivity index is 1.33. The lowest BCUT2D eigenvalue weighted by molar-refractivity contribution is -0.283. The Bertz CT molecular complexity index is 900. The average molecular weight is 425 g/mol. The first-order valence-corrected chi connectivity index (χ1v) is 11.3. The molecule has 6 nitrogen and oxygen atoms in total. The third kappa shape index (κ3) is 3.46. The lowest BCUT2D eigenvalue weighted by Crippen LogP contribution is -2.82. The molecule has 6 heteroatoms. The Kier molecular flexibility index (Phi) is 5.10. The first kappa shape index (κ1) is 20.6. The summed E-state index contributed by atoms with van der Waals surface area (Å²) in [4.78, 5) is 17.2. The predicted molar refractivity (Wildman–Crippen MR) is 118 cm³/mol. The molecule has 5 aliphatic rings. The molecule has 166 valence electrons. The van der Waals surface area contributed by atoms with Crippen LogP contribution in [0.15, 0.2) is 41.6 Å². The summed E-state index contributed by atoms with van der Waals surface area (Å²) in [5.41, 5.74) is 2.87. The molecular weight excluding hydrogens is 392 g/mol. The topological polar surface area (TPSA) is 51.2 Å². The van der Waals surface area contributed by atoms with Gasteiger partial charge < -0.3 is 24.0 Å². The number of hydrogen-bond donors (Lipinski definition) is 0. The maximum absolute atomic E-state index is 13.0. The molecule has 0 aromatic heterocycles. The summed E-state index contributed by atoms with van der Waals surface area (Å²) in [6.07, 6.45) is 7.99. The van der Waals surface area contributed by atoms with Crippen LogP contribution in [0.2, 0.25) is 0 Å². The van der Waals surface area contributed by atoms with Crippen molar-refractivity contribution in [3.05, 3.63) is 47.2 Å². The Morgan fingerprint density at radius 1 is 1.19 bits per heavy atom. The molecule has 31 heavy (non-hydrogen) atoms. The quantitative estimate of drug-likeness (QED) is 0.546. The van der Waals surface area contributed by atoms with E-state index in [1.807, 2.05) is 42.3 Å². The highest BCUT2D eigenvalue weighted by molar-refractivity contribution is 5.99. The van der Waals surface area contributed by atoms with E-state index < -0.39 is 0 Å². The normalized spacial score (nSPS) is 33.2. The van der Waals surface area contributed by atoms with Crippen LogP contribution in [0.1, 0.15) is 45.1 Å². The molecule has 6 rings (SSSR count). The number of likely N-dealkylation sites (N-methyl/N-ethyl adjacent to an activating group) is 1. The molecule has 0 N–H and O–H groups in total. The number of piperazine rings is 2. The highest BCUT2D eigenvalue weighted by Gasteiger charge is 2.64. The van der Waals surface area contributed by atoms with Crippen LogP contribution in [0.4, 0.5) is 0 Å². The number of allylic oxidation sites excluding steroid dienone is 1. The van der Waals surface area contributed by atoms with Crippen molar-refractivity contribution in [2.24, 2.45) is 0 Å². The van der Waals surface area contributed by atoms with E-state index in [9.17, 15) is 4.79 Å². The van der Waals surface area contributed by atoms with Crippen molar-refractivity contribution in [1.82, 2.24) is 9.80 Å².